The molecule has 0 N–H and O–H groups in total. The highest BCUT2D eigenvalue weighted by atomic mass is 35.5. The lowest BCUT2D eigenvalue weighted by Gasteiger charge is -2.15. The summed E-state index contributed by atoms with van der Waals surface area (Å²) in [5, 5.41) is 0. The van der Waals surface area contributed by atoms with Crippen LogP contribution in [-0.2, 0) is 11.3 Å². The average molecular weight is 302 g/mol. The van der Waals surface area contributed by atoms with Gasteiger partial charge in [-0.15, -0.1) is 11.3 Å². The summed E-state index contributed by atoms with van der Waals surface area (Å²) in [7, 11) is 1.91. The first-order valence-electron chi connectivity index (χ1n) is 5.44. The minimum atomic E-state index is -4.24. The number of rotatable bonds is 7. The summed E-state index contributed by atoms with van der Waals surface area (Å²) in [6.07, 6.45) is -3.66. The third kappa shape index (κ3) is 7.20. The Balaban J connectivity index is 2.09. The fourth-order valence-corrected chi connectivity index (χ4v) is 2.57. The summed E-state index contributed by atoms with van der Waals surface area (Å²) in [6, 6.07) is 3.78. The van der Waals surface area contributed by atoms with E-state index in [1.165, 1.54) is 11.3 Å². The summed E-state index contributed by atoms with van der Waals surface area (Å²) in [5.41, 5.74) is 0. The maximum atomic E-state index is 11.8. The van der Waals surface area contributed by atoms with Gasteiger partial charge in [0.15, 0.2) is 0 Å². The van der Waals surface area contributed by atoms with Crippen LogP contribution in [0.1, 0.15) is 11.3 Å². The molecule has 0 spiro atoms. The normalized spacial score (nSPS) is 12.3. The largest absolute Gasteiger partial charge is 0.411 e. The first-order chi connectivity index (χ1) is 8.37. The van der Waals surface area contributed by atoms with Crippen LogP contribution in [0.4, 0.5) is 13.2 Å². The first-order valence-corrected chi connectivity index (χ1v) is 6.63. The van der Waals surface area contributed by atoms with E-state index in [1.54, 1.807) is 0 Å². The van der Waals surface area contributed by atoms with Gasteiger partial charge in [0.25, 0.3) is 0 Å². The number of hydrogen-bond acceptors (Lipinski definition) is 3. The third-order valence-electron chi connectivity index (χ3n) is 2.15. The van der Waals surface area contributed by atoms with E-state index in [1.807, 2.05) is 24.1 Å². The van der Waals surface area contributed by atoms with E-state index in [4.69, 9.17) is 11.6 Å². The molecule has 1 aromatic heterocycles. The highest BCUT2D eigenvalue weighted by Gasteiger charge is 2.27. The smallest absolute Gasteiger partial charge is 0.372 e. The molecule has 1 rings (SSSR count). The molecular formula is C11H15ClF3NOS. The lowest BCUT2D eigenvalue weighted by molar-refractivity contribution is -0.174. The van der Waals surface area contributed by atoms with Gasteiger partial charge in [-0.05, 0) is 25.6 Å². The second-order valence-corrected chi connectivity index (χ2v) is 5.76. The second kappa shape index (κ2) is 7.33. The van der Waals surface area contributed by atoms with E-state index in [0.29, 0.717) is 13.0 Å². The summed E-state index contributed by atoms with van der Waals surface area (Å²) in [6.45, 7) is 0.385. The molecule has 2 nitrogen and oxygen atoms in total. The Labute approximate surface area is 113 Å². The lowest BCUT2D eigenvalue weighted by atomic mass is 10.4. The van der Waals surface area contributed by atoms with Crippen LogP contribution >= 0.6 is 22.9 Å². The predicted octanol–water partition coefficient (Wildman–Crippen LogP) is 3.80. The molecule has 0 saturated carbocycles. The van der Waals surface area contributed by atoms with Crippen LogP contribution in [0.15, 0.2) is 12.1 Å². The quantitative estimate of drug-likeness (QED) is 0.710. The summed E-state index contributed by atoms with van der Waals surface area (Å²) >= 11 is 7.31. The summed E-state index contributed by atoms with van der Waals surface area (Å²) < 4.78 is 40.6. The average Bonchev–Trinajstić information content (AvgIpc) is 2.61. The minimum Gasteiger partial charge on any atom is -0.372 e. The highest BCUT2D eigenvalue weighted by Crippen LogP contribution is 2.22. The van der Waals surface area contributed by atoms with Gasteiger partial charge in [-0.3, -0.25) is 0 Å². The molecule has 0 unspecified atom stereocenters. The zero-order chi connectivity index (χ0) is 13.6. The minimum absolute atomic E-state index is 0.120. The van der Waals surface area contributed by atoms with E-state index < -0.39 is 12.8 Å². The second-order valence-electron chi connectivity index (χ2n) is 3.96. The Bertz CT molecular complexity index is 356. The molecule has 0 aliphatic heterocycles. The maximum absolute atomic E-state index is 11.8. The number of nitrogens with zero attached hydrogens (tertiary/aromatic N) is 1. The highest BCUT2D eigenvalue weighted by molar-refractivity contribution is 7.16. The van der Waals surface area contributed by atoms with Gasteiger partial charge in [-0.2, -0.15) is 13.2 Å². The van der Waals surface area contributed by atoms with E-state index in [0.717, 1.165) is 15.8 Å². The zero-order valence-electron chi connectivity index (χ0n) is 9.97. The molecule has 0 amide bonds. The molecule has 1 aromatic rings. The predicted molar refractivity (Wildman–Crippen MR) is 67.2 cm³/mol. The topological polar surface area (TPSA) is 12.5 Å². The molecule has 1 heterocycles. The number of alkyl halides is 3. The monoisotopic (exact) mass is 301 g/mol. The fourth-order valence-electron chi connectivity index (χ4n) is 1.41. The van der Waals surface area contributed by atoms with Gasteiger partial charge in [0, 0.05) is 24.6 Å². The van der Waals surface area contributed by atoms with Crippen LogP contribution in [0.3, 0.4) is 0 Å². The van der Waals surface area contributed by atoms with Gasteiger partial charge >= 0.3 is 6.18 Å². The zero-order valence-corrected chi connectivity index (χ0v) is 11.5. The maximum Gasteiger partial charge on any atom is 0.411 e. The summed E-state index contributed by atoms with van der Waals surface area (Å²) in [5.74, 6) is 0. The molecule has 0 saturated heterocycles. The van der Waals surface area contributed by atoms with Crippen molar-refractivity contribution in [3.05, 3.63) is 21.3 Å². The van der Waals surface area contributed by atoms with Crippen LogP contribution in [0.2, 0.25) is 4.34 Å². The number of hydrogen-bond donors (Lipinski definition) is 0. The van der Waals surface area contributed by atoms with E-state index in [2.05, 4.69) is 4.74 Å². The van der Waals surface area contributed by atoms with Gasteiger partial charge in [0.2, 0.25) is 0 Å². The Kier molecular flexibility index (Phi) is 6.42. The van der Waals surface area contributed by atoms with Gasteiger partial charge in [0.05, 0.1) is 4.34 Å². The SMILES string of the molecule is CN(CCCOCC(F)(F)F)Cc1ccc(Cl)s1. The molecule has 0 aliphatic carbocycles. The van der Waals surface area contributed by atoms with Crippen molar-refractivity contribution in [3.8, 4) is 0 Å². The number of halogens is 4. The van der Waals surface area contributed by atoms with Crippen molar-refractivity contribution in [3.63, 3.8) is 0 Å². The van der Waals surface area contributed by atoms with Crippen LogP contribution in [0, 0.1) is 0 Å². The van der Waals surface area contributed by atoms with Crippen LogP contribution in [-0.4, -0.2) is 37.9 Å². The Hall–Kier alpha value is -0.300. The van der Waals surface area contributed by atoms with Crippen LogP contribution in [0.25, 0.3) is 0 Å². The molecule has 0 aromatic carbocycles. The number of ether oxygens (including phenoxy) is 1. The summed E-state index contributed by atoms with van der Waals surface area (Å²) in [4.78, 5) is 3.16. The van der Waals surface area contributed by atoms with E-state index in [9.17, 15) is 13.2 Å². The molecule has 0 atom stereocenters. The Morgan fingerprint density at radius 1 is 1.39 bits per heavy atom. The van der Waals surface area contributed by atoms with Crippen molar-refractivity contribution in [1.29, 1.82) is 0 Å². The van der Waals surface area contributed by atoms with E-state index in [-0.39, 0.29) is 6.61 Å². The molecular weight excluding hydrogens is 287 g/mol. The fraction of sp³-hybridized carbons (Fsp3) is 0.636. The van der Waals surface area contributed by atoms with Gasteiger partial charge in [-0.1, -0.05) is 11.6 Å². The van der Waals surface area contributed by atoms with Crippen LogP contribution in [0.5, 0.6) is 0 Å². The molecule has 0 bridgehead atoms. The van der Waals surface area contributed by atoms with Crippen molar-refractivity contribution in [2.45, 2.75) is 19.1 Å². The van der Waals surface area contributed by atoms with Crippen molar-refractivity contribution in [1.82, 2.24) is 4.90 Å². The third-order valence-corrected chi connectivity index (χ3v) is 3.36. The molecule has 0 radical (unpaired) electrons. The van der Waals surface area contributed by atoms with Crippen molar-refractivity contribution >= 4 is 22.9 Å². The van der Waals surface area contributed by atoms with Crippen molar-refractivity contribution < 1.29 is 17.9 Å². The van der Waals surface area contributed by atoms with Crippen molar-refractivity contribution in [2.75, 3.05) is 26.8 Å². The Morgan fingerprint density at radius 3 is 2.67 bits per heavy atom. The standard InChI is InChI=1S/C11H15ClF3NOS/c1-16(7-9-3-4-10(12)18-9)5-2-6-17-8-11(13,14)15/h3-4H,2,5-8H2,1H3. The van der Waals surface area contributed by atoms with Crippen molar-refractivity contribution in [2.24, 2.45) is 0 Å². The van der Waals surface area contributed by atoms with Crippen LogP contribution < -0.4 is 0 Å². The molecule has 104 valence electrons. The lowest BCUT2D eigenvalue weighted by Crippen LogP contribution is -2.22. The molecule has 0 aliphatic rings. The molecule has 7 heteroatoms. The van der Waals surface area contributed by atoms with E-state index >= 15 is 0 Å². The number of thiophene rings is 1. The van der Waals surface area contributed by atoms with Gasteiger partial charge in [0.1, 0.15) is 6.61 Å². The van der Waals surface area contributed by atoms with Gasteiger partial charge < -0.3 is 9.64 Å². The first kappa shape index (κ1) is 15.8. The van der Waals surface area contributed by atoms with Gasteiger partial charge in [-0.25, -0.2) is 0 Å². The molecule has 0 fully saturated rings. The Morgan fingerprint density at radius 2 is 2.11 bits per heavy atom. The molecule has 18 heavy (non-hydrogen) atoms.